The molecule has 1 N–H and O–H groups in total. The summed E-state index contributed by atoms with van der Waals surface area (Å²) in [5, 5.41) is 18.1. The molecule has 0 radical (unpaired) electrons. The number of fused-ring (bicyclic) bond motifs is 3. The summed E-state index contributed by atoms with van der Waals surface area (Å²) < 4.78 is 2.37. The number of azide groups is 1. The number of nitrogens with one attached hydrogen (secondary N) is 1. The molecule has 0 amide bonds. The highest BCUT2D eigenvalue weighted by Crippen LogP contribution is 2.37. The van der Waals surface area contributed by atoms with E-state index in [0.717, 1.165) is 41.9 Å². The van der Waals surface area contributed by atoms with E-state index in [1.54, 1.807) is 12.1 Å². The van der Waals surface area contributed by atoms with E-state index in [1.807, 2.05) is 36.6 Å². The van der Waals surface area contributed by atoms with Crippen LogP contribution in [0.2, 0.25) is 0 Å². The lowest BCUT2D eigenvalue weighted by molar-refractivity contribution is 0.308. The Morgan fingerprint density at radius 3 is 2.80 bits per heavy atom. The smallest absolute Gasteiger partial charge is 0.0991 e. The van der Waals surface area contributed by atoms with Crippen LogP contribution >= 0.6 is 0 Å². The Hall–Kier alpha value is -4.24. The van der Waals surface area contributed by atoms with Gasteiger partial charge in [0.25, 0.3) is 0 Å². The number of nitriles is 1. The Morgan fingerprint density at radius 1 is 1.20 bits per heavy atom. The molecule has 7 nitrogen and oxygen atoms in total. The van der Waals surface area contributed by atoms with Gasteiger partial charge in [-0.15, -0.1) is 0 Å². The molecule has 2 aliphatic heterocycles. The maximum absolute atomic E-state index is 9.40. The highest BCUT2D eigenvalue weighted by Gasteiger charge is 2.26. The third-order valence-corrected chi connectivity index (χ3v) is 6.76. The van der Waals surface area contributed by atoms with Gasteiger partial charge in [0, 0.05) is 59.5 Å². The third-order valence-electron chi connectivity index (χ3n) is 6.76. The molecular formula is C28H27N7. The lowest BCUT2D eigenvalue weighted by atomic mass is 10.00. The fourth-order valence-electron chi connectivity index (χ4n) is 5.12. The van der Waals surface area contributed by atoms with Gasteiger partial charge in [0.1, 0.15) is 0 Å². The van der Waals surface area contributed by atoms with Crippen molar-refractivity contribution in [2.75, 3.05) is 13.6 Å². The van der Waals surface area contributed by atoms with Crippen molar-refractivity contribution in [1.29, 1.82) is 5.26 Å². The van der Waals surface area contributed by atoms with Gasteiger partial charge in [-0.3, -0.25) is 0 Å². The van der Waals surface area contributed by atoms with Crippen molar-refractivity contribution in [3.8, 4) is 6.07 Å². The molecule has 1 atom stereocenters. The predicted molar refractivity (Wildman–Crippen MR) is 139 cm³/mol. The molecule has 0 spiro atoms. The van der Waals surface area contributed by atoms with E-state index in [1.165, 1.54) is 22.2 Å². The molecule has 0 bridgehead atoms. The highest BCUT2D eigenvalue weighted by molar-refractivity contribution is 5.96. The van der Waals surface area contributed by atoms with E-state index in [-0.39, 0.29) is 0 Å². The summed E-state index contributed by atoms with van der Waals surface area (Å²) in [6.45, 7) is 4.53. The van der Waals surface area contributed by atoms with Crippen LogP contribution in [0.25, 0.3) is 27.0 Å². The molecule has 0 aliphatic carbocycles. The first-order chi connectivity index (χ1) is 17.1. The highest BCUT2D eigenvalue weighted by atomic mass is 15.2. The minimum absolute atomic E-state index is 0.392. The Bertz CT molecular complexity index is 1460. The normalized spacial score (nSPS) is 16.0. The van der Waals surface area contributed by atoms with Crippen LogP contribution < -0.4 is 5.32 Å². The summed E-state index contributed by atoms with van der Waals surface area (Å²) in [6, 6.07) is 13.6. The Balaban J connectivity index is 1.72. The maximum atomic E-state index is 9.40. The van der Waals surface area contributed by atoms with Crippen LogP contribution in [0.5, 0.6) is 0 Å². The first-order valence-electron chi connectivity index (χ1n) is 11.8. The molecule has 2 aromatic carbocycles. The van der Waals surface area contributed by atoms with Gasteiger partial charge in [-0.05, 0) is 72.6 Å². The molecule has 3 heterocycles. The summed E-state index contributed by atoms with van der Waals surface area (Å²) in [5.74, 6) is 0. The third kappa shape index (κ3) is 4.33. The van der Waals surface area contributed by atoms with Crippen LogP contribution in [-0.4, -0.2) is 23.1 Å². The molecular weight excluding hydrogens is 434 g/mol. The van der Waals surface area contributed by atoms with Crippen LogP contribution in [0.15, 0.2) is 72.0 Å². The number of nitrogens with zero attached hydrogens (tertiary/aromatic N) is 6. The molecule has 2 aliphatic rings. The molecule has 0 saturated carbocycles. The zero-order valence-corrected chi connectivity index (χ0v) is 19.9. The van der Waals surface area contributed by atoms with Gasteiger partial charge in [-0.25, -0.2) is 0 Å². The largest absolute Gasteiger partial charge is 0.361 e. The average Bonchev–Trinajstić information content (AvgIpc) is 3.02. The number of hydrogen-bond donors (Lipinski definition) is 1. The predicted octanol–water partition coefficient (Wildman–Crippen LogP) is 5.87. The molecule has 174 valence electrons. The first-order valence-corrected chi connectivity index (χ1v) is 11.8. The number of aromatic nitrogens is 1. The molecule has 7 heteroatoms. The van der Waals surface area contributed by atoms with Gasteiger partial charge >= 0.3 is 0 Å². The molecule has 0 fully saturated rings. The summed E-state index contributed by atoms with van der Waals surface area (Å²) in [7, 11) is 2.16. The number of aryl methyl sites for hydroxylation is 1. The van der Waals surface area contributed by atoms with Crippen molar-refractivity contribution >= 4 is 16.6 Å². The van der Waals surface area contributed by atoms with Crippen LogP contribution in [0.3, 0.4) is 0 Å². The quantitative estimate of drug-likeness (QED) is 0.292. The molecule has 35 heavy (non-hydrogen) atoms. The summed E-state index contributed by atoms with van der Waals surface area (Å²) in [4.78, 5) is 5.53. The number of allylic oxidation sites excluding steroid dienone is 4. The Morgan fingerprint density at radius 2 is 2.03 bits per heavy atom. The SMILES string of the molecule is Cc1cc(C2=CC=CC=CN2)c2c(c1)c1c(n2CC(N=[N+]=[N-])c2ccc(C#N)cc2)CCN(C)C1. The van der Waals surface area contributed by atoms with Crippen molar-refractivity contribution < 1.29 is 0 Å². The van der Waals surface area contributed by atoms with Crippen LogP contribution in [0, 0.1) is 18.3 Å². The van der Waals surface area contributed by atoms with Gasteiger partial charge in [-0.1, -0.05) is 29.4 Å². The van der Waals surface area contributed by atoms with Gasteiger partial charge in [-0.2, -0.15) is 5.26 Å². The Kier molecular flexibility index (Phi) is 6.15. The van der Waals surface area contributed by atoms with Gasteiger partial charge in [0.15, 0.2) is 0 Å². The van der Waals surface area contributed by atoms with E-state index in [2.05, 4.69) is 63.1 Å². The topological polar surface area (TPSA) is 92.7 Å². The fraction of sp³-hybridized carbons (Fsp3) is 0.250. The van der Waals surface area contributed by atoms with Gasteiger partial charge in [0.05, 0.1) is 23.2 Å². The van der Waals surface area contributed by atoms with Crippen molar-refractivity contribution in [3.63, 3.8) is 0 Å². The second-order valence-electron chi connectivity index (χ2n) is 9.16. The van der Waals surface area contributed by atoms with E-state index < -0.39 is 6.04 Å². The maximum Gasteiger partial charge on any atom is 0.0991 e. The lowest BCUT2D eigenvalue weighted by Crippen LogP contribution is -2.27. The monoisotopic (exact) mass is 461 g/mol. The summed E-state index contributed by atoms with van der Waals surface area (Å²) in [6.07, 6.45) is 11.0. The van der Waals surface area contributed by atoms with Crippen LogP contribution in [0.4, 0.5) is 0 Å². The van der Waals surface area contributed by atoms with E-state index in [4.69, 9.17) is 0 Å². The van der Waals surface area contributed by atoms with E-state index in [9.17, 15) is 10.8 Å². The first kappa shape index (κ1) is 22.5. The van der Waals surface area contributed by atoms with Crippen molar-refractivity contribution in [3.05, 3.63) is 111 Å². The minimum atomic E-state index is -0.392. The number of likely N-dealkylation sites (N-methyl/N-ethyl adjacent to an activating group) is 1. The van der Waals surface area contributed by atoms with Crippen LogP contribution in [-0.2, 0) is 19.5 Å². The number of hydrogen-bond acceptors (Lipinski definition) is 4. The summed E-state index contributed by atoms with van der Waals surface area (Å²) >= 11 is 0. The van der Waals surface area contributed by atoms with Crippen molar-refractivity contribution in [2.24, 2.45) is 5.11 Å². The van der Waals surface area contributed by atoms with Gasteiger partial charge in [0.2, 0.25) is 0 Å². The zero-order valence-electron chi connectivity index (χ0n) is 19.9. The lowest BCUT2D eigenvalue weighted by Gasteiger charge is -2.25. The van der Waals surface area contributed by atoms with E-state index in [0.29, 0.717) is 12.1 Å². The second-order valence-corrected chi connectivity index (χ2v) is 9.16. The van der Waals surface area contributed by atoms with Crippen molar-refractivity contribution in [1.82, 2.24) is 14.8 Å². The zero-order chi connectivity index (χ0) is 24.4. The second kappa shape index (κ2) is 9.55. The fourth-order valence-corrected chi connectivity index (χ4v) is 5.12. The molecule has 1 aromatic heterocycles. The average molecular weight is 462 g/mol. The summed E-state index contributed by atoms with van der Waals surface area (Å²) in [5.41, 5.74) is 18.1. The number of benzene rings is 2. The molecule has 1 unspecified atom stereocenters. The Labute approximate surface area is 204 Å². The van der Waals surface area contributed by atoms with Crippen LogP contribution in [0.1, 0.15) is 39.6 Å². The van der Waals surface area contributed by atoms with Gasteiger partial charge < -0.3 is 14.8 Å². The van der Waals surface area contributed by atoms with E-state index >= 15 is 0 Å². The molecule has 5 rings (SSSR count). The standard InChI is InChI=1S/C28H27N7/c1-19-14-22-24-17-34(2)13-11-27(24)35(28(22)23(15-19)25-6-4-3-5-12-31-25)18-26(32-33-30)21-9-7-20(16-29)8-10-21/h3-10,12,14-15,26,31H,11,13,17-18H2,1-2H3. The number of rotatable bonds is 5. The van der Waals surface area contributed by atoms with Crippen molar-refractivity contribution in [2.45, 2.75) is 32.5 Å². The molecule has 3 aromatic rings. The minimum Gasteiger partial charge on any atom is -0.361 e. The molecule has 0 saturated heterocycles.